The van der Waals surface area contributed by atoms with Crippen molar-refractivity contribution in [3.63, 3.8) is 0 Å². The highest BCUT2D eigenvalue weighted by molar-refractivity contribution is 14.1. The minimum Gasteiger partial charge on any atom is -0.250 e. The van der Waals surface area contributed by atoms with Crippen molar-refractivity contribution in [2.24, 2.45) is 0 Å². The SMILES string of the molecule is FCCn1cnc(-c2cccc(I)c2)n1. The van der Waals surface area contributed by atoms with Crippen LogP contribution in [0.4, 0.5) is 4.39 Å². The molecule has 2 rings (SSSR count). The number of nitrogens with zero attached hydrogens (tertiary/aromatic N) is 3. The van der Waals surface area contributed by atoms with E-state index >= 15 is 0 Å². The number of aryl methyl sites for hydroxylation is 1. The van der Waals surface area contributed by atoms with Crippen LogP contribution in [0, 0.1) is 3.57 Å². The number of halogens is 2. The summed E-state index contributed by atoms with van der Waals surface area (Å²) in [5.74, 6) is 0.641. The molecule has 2 aromatic rings. The second kappa shape index (κ2) is 4.69. The van der Waals surface area contributed by atoms with Crippen LogP contribution in [0.2, 0.25) is 0 Å². The molecular weight excluding hydrogens is 308 g/mol. The highest BCUT2D eigenvalue weighted by atomic mass is 127. The molecule has 0 spiro atoms. The zero-order chi connectivity index (χ0) is 10.7. The van der Waals surface area contributed by atoms with E-state index in [4.69, 9.17) is 0 Å². The second-order valence-corrected chi connectivity index (χ2v) is 4.28. The molecule has 5 heteroatoms. The van der Waals surface area contributed by atoms with Crippen molar-refractivity contribution in [1.82, 2.24) is 14.8 Å². The molecule has 0 aliphatic carbocycles. The molecule has 0 saturated carbocycles. The van der Waals surface area contributed by atoms with Crippen molar-refractivity contribution >= 4 is 22.6 Å². The van der Waals surface area contributed by atoms with Gasteiger partial charge in [-0.2, -0.15) is 5.10 Å². The van der Waals surface area contributed by atoms with Gasteiger partial charge in [0.1, 0.15) is 13.0 Å². The molecule has 0 radical (unpaired) electrons. The number of hydrogen-bond acceptors (Lipinski definition) is 2. The standard InChI is InChI=1S/C10H9FIN3/c11-4-5-15-7-13-10(14-15)8-2-1-3-9(12)6-8/h1-3,6-7H,4-5H2. The Morgan fingerprint density at radius 2 is 2.27 bits per heavy atom. The van der Waals surface area contributed by atoms with E-state index in [-0.39, 0.29) is 6.54 Å². The third kappa shape index (κ3) is 2.53. The van der Waals surface area contributed by atoms with Crippen molar-refractivity contribution in [1.29, 1.82) is 0 Å². The van der Waals surface area contributed by atoms with Crippen molar-refractivity contribution in [3.05, 3.63) is 34.2 Å². The van der Waals surface area contributed by atoms with E-state index in [0.717, 1.165) is 9.13 Å². The zero-order valence-electron chi connectivity index (χ0n) is 7.90. The third-order valence-electron chi connectivity index (χ3n) is 1.93. The Morgan fingerprint density at radius 1 is 1.40 bits per heavy atom. The van der Waals surface area contributed by atoms with Gasteiger partial charge >= 0.3 is 0 Å². The normalized spacial score (nSPS) is 10.5. The third-order valence-corrected chi connectivity index (χ3v) is 2.60. The molecule has 1 aromatic heterocycles. The first-order chi connectivity index (χ1) is 7.29. The minimum absolute atomic E-state index is 0.261. The van der Waals surface area contributed by atoms with Crippen LogP contribution in [0.5, 0.6) is 0 Å². The molecule has 0 unspecified atom stereocenters. The predicted octanol–water partition coefficient (Wildman–Crippen LogP) is 2.52. The van der Waals surface area contributed by atoms with Crippen LogP contribution in [-0.4, -0.2) is 21.4 Å². The maximum atomic E-state index is 12.1. The number of alkyl halides is 1. The highest BCUT2D eigenvalue weighted by Gasteiger charge is 2.03. The van der Waals surface area contributed by atoms with Crippen LogP contribution in [0.25, 0.3) is 11.4 Å². The van der Waals surface area contributed by atoms with Crippen molar-refractivity contribution in [2.75, 3.05) is 6.67 Å². The fourth-order valence-electron chi connectivity index (χ4n) is 1.25. The molecule has 3 nitrogen and oxygen atoms in total. The lowest BCUT2D eigenvalue weighted by Gasteiger charge is -1.96. The van der Waals surface area contributed by atoms with Crippen LogP contribution < -0.4 is 0 Å². The summed E-state index contributed by atoms with van der Waals surface area (Å²) in [4.78, 5) is 4.13. The molecule has 0 aliphatic rings. The Balaban J connectivity index is 2.29. The first kappa shape index (κ1) is 10.5. The van der Waals surface area contributed by atoms with E-state index < -0.39 is 6.67 Å². The fourth-order valence-corrected chi connectivity index (χ4v) is 1.79. The largest absolute Gasteiger partial charge is 0.250 e. The Kier molecular flexibility index (Phi) is 3.30. The van der Waals surface area contributed by atoms with Gasteiger partial charge in [0.25, 0.3) is 0 Å². The Labute approximate surface area is 100 Å². The second-order valence-electron chi connectivity index (χ2n) is 3.03. The summed E-state index contributed by atoms with van der Waals surface area (Å²) in [6.45, 7) is -0.161. The molecule has 0 aliphatic heterocycles. The number of benzene rings is 1. The maximum absolute atomic E-state index is 12.1. The van der Waals surface area contributed by atoms with Crippen LogP contribution in [0.1, 0.15) is 0 Å². The number of aromatic nitrogens is 3. The Morgan fingerprint density at radius 3 is 3.00 bits per heavy atom. The first-order valence-electron chi connectivity index (χ1n) is 4.51. The lowest BCUT2D eigenvalue weighted by molar-refractivity contribution is 0.427. The Bertz CT molecular complexity index is 455. The lowest BCUT2D eigenvalue weighted by atomic mass is 10.2. The summed E-state index contributed by atoms with van der Waals surface area (Å²) < 4.78 is 14.7. The lowest BCUT2D eigenvalue weighted by Crippen LogP contribution is -1.99. The molecule has 0 amide bonds. The molecular formula is C10H9FIN3. The van der Waals surface area contributed by atoms with Gasteiger partial charge < -0.3 is 0 Å². The van der Waals surface area contributed by atoms with E-state index in [9.17, 15) is 4.39 Å². The average Bonchev–Trinajstić information content (AvgIpc) is 2.67. The average molecular weight is 317 g/mol. The van der Waals surface area contributed by atoms with Crippen LogP contribution in [0.15, 0.2) is 30.6 Å². The first-order valence-corrected chi connectivity index (χ1v) is 5.59. The summed E-state index contributed by atoms with van der Waals surface area (Å²) in [6.07, 6.45) is 1.55. The molecule has 0 N–H and O–H groups in total. The van der Waals surface area contributed by atoms with Gasteiger partial charge in [-0.15, -0.1) is 0 Å². The number of hydrogen-bond donors (Lipinski definition) is 0. The molecule has 0 bridgehead atoms. The van der Waals surface area contributed by atoms with E-state index in [0.29, 0.717) is 5.82 Å². The van der Waals surface area contributed by atoms with Crippen molar-refractivity contribution in [2.45, 2.75) is 6.54 Å². The monoisotopic (exact) mass is 317 g/mol. The van der Waals surface area contributed by atoms with Gasteiger partial charge in [-0.1, -0.05) is 12.1 Å². The molecule has 78 valence electrons. The van der Waals surface area contributed by atoms with E-state index in [1.807, 2.05) is 24.3 Å². The number of rotatable bonds is 3. The van der Waals surface area contributed by atoms with Crippen LogP contribution >= 0.6 is 22.6 Å². The van der Waals surface area contributed by atoms with Gasteiger partial charge in [-0.05, 0) is 34.7 Å². The van der Waals surface area contributed by atoms with Crippen molar-refractivity contribution in [3.8, 4) is 11.4 Å². The summed E-state index contributed by atoms with van der Waals surface area (Å²) in [6, 6.07) is 7.89. The van der Waals surface area contributed by atoms with Crippen LogP contribution in [0.3, 0.4) is 0 Å². The molecule has 15 heavy (non-hydrogen) atoms. The van der Waals surface area contributed by atoms with Gasteiger partial charge in [0.2, 0.25) is 0 Å². The minimum atomic E-state index is -0.422. The highest BCUT2D eigenvalue weighted by Crippen LogP contribution is 2.16. The molecule has 1 heterocycles. The zero-order valence-corrected chi connectivity index (χ0v) is 10.1. The van der Waals surface area contributed by atoms with Gasteiger partial charge in [0.15, 0.2) is 5.82 Å². The van der Waals surface area contributed by atoms with Gasteiger partial charge in [-0.25, -0.2) is 14.1 Å². The van der Waals surface area contributed by atoms with E-state index in [1.165, 1.54) is 4.68 Å². The summed E-state index contributed by atoms with van der Waals surface area (Å²) in [5.41, 5.74) is 0.958. The maximum Gasteiger partial charge on any atom is 0.181 e. The van der Waals surface area contributed by atoms with Crippen LogP contribution in [-0.2, 0) is 6.54 Å². The fraction of sp³-hybridized carbons (Fsp3) is 0.200. The van der Waals surface area contributed by atoms with Gasteiger partial charge in [0.05, 0.1) is 6.54 Å². The topological polar surface area (TPSA) is 30.7 Å². The summed E-state index contributed by atoms with van der Waals surface area (Å²) >= 11 is 2.23. The quantitative estimate of drug-likeness (QED) is 0.815. The molecule has 0 atom stereocenters. The van der Waals surface area contributed by atoms with Gasteiger partial charge in [-0.3, -0.25) is 0 Å². The molecule has 0 fully saturated rings. The summed E-state index contributed by atoms with van der Waals surface area (Å²) in [5, 5.41) is 4.17. The molecule has 0 saturated heterocycles. The van der Waals surface area contributed by atoms with Gasteiger partial charge in [0, 0.05) is 9.13 Å². The van der Waals surface area contributed by atoms with E-state index in [2.05, 4.69) is 32.7 Å². The van der Waals surface area contributed by atoms with E-state index in [1.54, 1.807) is 6.33 Å². The summed E-state index contributed by atoms with van der Waals surface area (Å²) in [7, 11) is 0. The van der Waals surface area contributed by atoms with Crippen molar-refractivity contribution < 1.29 is 4.39 Å². The smallest absolute Gasteiger partial charge is 0.181 e. The predicted molar refractivity (Wildman–Crippen MR) is 64.2 cm³/mol. The Hall–Kier alpha value is -0.980. The molecule has 1 aromatic carbocycles.